The second-order valence-corrected chi connectivity index (χ2v) is 10.3. The third-order valence-corrected chi connectivity index (χ3v) is 6.84. The molecule has 0 fully saturated rings. The lowest BCUT2D eigenvalue weighted by Crippen LogP contribution is -2.37. The second kappa shape index (κ2) is 15.2. The van der Waals surface area contributed by atoms with Gasteiger partial charge in [-0.1, -0.05) is 6.07 Å². The normalized spacial score (nSPS) is 11.2. The standard InChI is InChI=1S/C31H28F2N2O13/c32-19-8-17-25(10-22(19)36)48-26-11-23(37)20(33)9-18(26)31(17)16-1-2-24(21(7-16)35(14-29(42)43)15-30(44)45)47-6-5-46-4-3-34(12-27(38)39)13-28(40)41/h1-2,7-11,36H,3-6,12-15H2,(H,38,39)(H,40,41)(H,42,43)(H,44,45). The highest BCUT2D eigenvalue weighted by atomic mass is 19.1. The molecule has 0 unspecified atom stereocenters. The van der Waals surface area contributed by atoms with Crippen molar-refractivity contribution >= 4 is 40.5 Å². The Hall–Kier alpha value is -5.81. The molecule has 15 nitrogen and oxygen atoms in total. The van der Waals surface area contributed by atoms with Crippen LogP contribution in [0.5, 0.6) is 11.5 Å². The summed E-state index contributed by atoms with van der Waals surface area (Å²) in [6.45, 7) is -3.00. The molecule has 48 heavy (non-hydrogen) atoms. The zero-order valence-corrected chi connectivity index (χ0v) is 24.9. The Morgan fingerprint density at radius 1 is 0.771 bits per heavy atom. The highest BCUT2D eigenvalue weighted by Crippen LogP contribution is 2.44. The van der Waals surface area contributed by atoms with Crippen molar-refractivity contribution < 1.29 is 67.4 Å². The molecule has 0 spiro atoms. The van der Waals surface area contributed by atoms with E-state index >= 15 is 0 Å². The topological polar surface area (TPSA) is 225 Å². The van der Waals surface area contributed by atoms with Crippen molar-refractivity contribution in [3.8, 4) is 33.9 Å². The van der Waals surface area contributed by atoms with Crippen molar-refractivity contribution in [1.82, 2.24) is 4.90 Å². The van der Waals surface area contributed by atoms with Crippen molar-refractivity contribution in [2.45, 2.75) is 0 Å². The highest BCUT2D eigenvalue weighted by Gasteiger charge is 2.24. The third kappa shape index (κ3) is 8.71. The third-order valence-electron chi connectivity index (χ3n) is 6.84. The molecular weight excluding hydrogens is 646 g/mol. The van der Waals surface area contributed by atoms with Gasteiger partial charge in [0, 0.05) is 35.2 Å². The van der Waals surface area contributed by atoms with Gasteiger partial charge in [0.05, 0.1) is 32.0 Å². The zero-order chi connectivity index (χ0) is 35.1. The molecule has 2 aliphatic rings. The average Bonchev–Trinajstić information content (AvgIpc) is 2.98. The van der Waals surface area contributed by atoms with E-state index in [1.165, 1.54) is 18.2 Å². The summed E-state index contributed by atoms with van der Waals surface area (Å²) in [5, 5.41) is 47.0. The molecule has 2 aromatic carbocycles. The second-order valence-electron chi connectivity index (χ2n) is 10.3. The molecule has 5 N–H and O–H groups in total. The van der Waals surface area contributed by atoms with Crippen molar-refractivity contribution in [3.05, 3.63) is 64.3 Å². The monoisotopic (exact) mass is 674 g/mol. The summed E-state index contributed by atoms with van der Waals surface area (Å²) in [6.07, 6.45) is 0. The largest absolute Gasteiger partial charge is 0.505 e. The molecule has 254 valence electrons. The molecule has 1 heterocycles. The highest BCUT2D eigenvalue weighted by molar-refractivity contribution is 6.03. The van der Waals surface area contributed by atoms with Gasteiger partial charge in [-0.25, -0.2) is 8.78 Å². The van der Waals surface area contributed by atoms with E-state index in [0.29, 0.717) is 0 Å². The fraction of sp³-hybridized carbons (Fsp3) is 0.258. The van der Waals surface area contributed by atoms with E-state index in [0.717, 1.165) is 34.1 Å². The van der Waals surface area contributed by atoms with Crippen LogP contribution in [0.25, 0.3) is 33.4 Å². The maximum Gasteiger partial charge on any atom is 0.323 e. The van der Waals surface area contributed by atoms with Crippen LogP contribution >= 0.6 is 0 Å². The van der Waals surface area contributed by atoms with Crippen LogP contribution in [-0.4, -0.2) is 107 Å². The molecule has 0 saturated carbocycles. The lowest BCUT2D eigenvalue weighted by atomic mass is 9.93. The van der Waals surface area contributed by atoms with Gasteiger partial charge in [-0.2, -0.15) is 0 Å². The summed E-state index contributed by atoms with van der Waals surface area (Å²) in [5.41, 5.74) is -0.827. The summed E-state index contributed by atoms with van der Waals surface area (Å²) in [6, 6.07) is 7.77. The number of ether oxygens (including phenoxy) is 2. The molecule has 0 bridgehead atoms. The van der Waals surface area contributed by atoms with Crippen molar-refractivity contribution in [2.75, 3.05) is 57.4 Å². The van der Waals surface area contributed by atoms with Crippen LogP contribution in [0.4, 0.5) is 14.5 Å². The number of fused-ring (bicyclic) bond motifs is 2. The summed E-state index contributed by atoms with van der Waals surface area (Å²) < 4.78 is 46.0. The van der Waals surface area contributed by atoms with Crippen molar-refractivity contribution in [3.63, 3.8) is 0 Å². The predicted molar refractivity (Wildman–Crippen MR) is 162 cm³/mol. The summed E-state index contributed by atoms with van der Waals surface area (Å²) in [4.78, 5) is 59.6. The SMILES string of the molecule is O=C(O)CN(CCOCCOc1ccc(-c2c3cc(F)c(=O)cc-3oc3cc(O)c(F)cc23)cc1N(CC(=O)O)CC(=O)O)CC(=O)O. The number of carbonyl (C=O) groups is 4. The molecule has 2 aromatic rings. The first-order valence-corrected chi connectivity index (χ1v) is 14.0. The molecule has 0 amide bonds. The van der Waals surface area contributed by atoms with Gasteiger partial charge in [0.1, 0.15) is 36.8 Å². The Morgan fingerprint density at radius 2 is 1.42 bits per heavy atom. The first-order valence-electron chi connectivity index (χ1n) is 14.0. The first kappa shape index (κ1) is 35.1. The van der Waals surface area contributed by atoms with E-state index in [9.17, 15) is 48.1 Å². The van der Waals surface area contributed by atoms with Crippen LogP contribution in [0.1, 0.15) is 0 Å². The molecular formula is C31H28F2N2O13. The lowest BCUT2D eigenvalue weighted by molar-refractivity contribution is -0.142. The Bertz CT molecular complexity index is 1860. The van der Waals surface area contributed by atoms with E-state index in [4.69, 9.17) is 24.1 Å². The van der Waals surface area contributed by atoms with Crippen molar-refractivity contribution in [1.29, 1.82) is 0 Å². The number of rotatable bonds is 17. The molecule has 0 radical (unpaired) electrons. The van der Waals surface area contributed by atoms with Crippen LogP contribution < -0.4 is 15.1 Å². The number of phenolic OH excluding ortho intramolecular Hbond substituents is 1. The number of hydrogen-bond donors (Lipinski definition) is 5. The van der Waals surface area contributed by atoms with Gasteiger partial charge in [-0.05, 0) is 29.8 Å². The van der Waals surface area contributed by atoms with E-state index in [-0.39, 0.29) is 71.2 Å². The summed E-state index contributed by atoms with van der Waals surface area (Å²) in [5.74, 6) is -8.31. The minimum atomic E-state index is -1.39. The number of halogens is 2. The van der Waals surface area contributed by atoms with Crippen molar-refractivity contribution in [2.24, 2.45) is 0 Å². The van der Waals surface area contributed by atoms with Crippen LogP contribution in [-0.2, 0) is 23.9 Å². The van der Waals surface area contributed by atoms with Gasteiger partial charge in [0.15, 0.2) is 17.4 Å². The molecule has 4 rings (SSSR count). The Balaban J connectivity index is 1.72. The number of hydrogen-bond acceptors (Lipinski definition) is 11. The van der Waals surface area contributed by atoms with Gasteiger partial charge in [0.25, 0.3) is 0 Å². The molecule has 1 aliphatic carbocycles. The van der Waals surface area contributed by atoms with Gasteiger partial charge in [0.2, 0.25) is 5.43 Å². The summed E-state index contributed by atoms with van der Waals surface area (Å²) in [7, 11) is 0. The Morgan fingerprint density at radius 3 is 2.04 bits per heavy atom. The fourth-order valence-corrected chi connectivity index (χ4v) is 4.91. The fourth-order valence-electron chi connectivity index (χ4n) is 4.91. The van der Waals surface area contributed by atoms with E-state index < -0.39 is 72.9 Å². The smallest absolute Gasteiger partial charge is 0.323 e. The van der Waals surface area contributed by atoms with E-state index in [1.54, 1.807) is 0 Å². The minimum absolute atomic E-state index is 0.00527. The molecule has 1 aliphatic heterocycles. The molecule has 0 aromatic heterocycles. The molecule has 0 saturated heterocycles. The number of carboxylic acid groups (broad SMARTS) is 4. The van der Waals surface area contributed by atoms with E-state index in [1.807, 2.05) is 0 Å². The van der Waals surface area contributed by atoms with Gasteiger partial charge < -0.3 is 44.3 Å². The maximum absolute atomic E-state index is 14.6. The van der Waals surface area contributed by atoms with Crippen LogP contribution in [0, 0.1) is 11.6 Å². The number of aromatic hydroxyl groups is 1. The number of carboxylic acids is 4. The Labute approximate surface area is 268 Å². The van der Waals surface area contributed by atoms with Gasteiger partial charge in [-0.3, -0.25) is 28.9 Å². The zero-order valence-electron chi connectivity index (χ0n) is 24.9. The van der Waals surface area contributed by atoms with Crippen LogP contribution in [0.2, 0.25) is 0 Å². The number of nitrogens with zero attached hydrogens (tertiary/aromatic N) is 2. The number of anilines is 1. The maximum atomic E-state index is 14.6. The molecule has 0 atom stereocenters. The Kier molecular flexibility index (Phi) is 11.1. The van der Waals surface area contributed by atoms with E-state index in [2.05, 4.69) is 0 Å². The number of aliphatic carboxylic acids is 4. The molecule has 17 heteroatoms. The lowest BCUT2D eigenvalue weighted by Gasteiger charge is -2.25. The van der Waals surface area contributed by atoms with Gasteiger partial charge in [-0.15, -0.1) is 0 Å². The summed E-state index contributed by atoms with van der Waals surface area (Å²) >= 11 is 0. The quantitative estimate of drug-likeness (QED) is 0.0801. The minimum Gasteiger partial charge on any atom is -0.505 e. The van der Waals surface area contributed by atoms with Crippen LogP contribution in [0.3, 0.4) is 0 Å². The number of benzene rings is 3. The predicted octanol–water partition coefficient (Wildman–Crippen LogP) is 2.39. The average molecular weight is 675 g/mol. The van der Waals surface area contributed by atoms with Crippen LogP contribution in [0.15, 0.2) is 51.7 Å². The first-order chi connectivity index (χ1) is 22.7. The van der Waals surface area contributed by atoms with Gasteiger partial charge >= 0.3 is 23.9 Å². The number of phenols is 1.